The molecule has 0 radical (unpaired) electrons. The average Bonchev–Trinajstić information content (AvgIpc) is 3.22. The summed E-state index contributed by atoms with van der Waals surface area (Å²) in [5, 5.41) is 22.9. The Bertz CT molecular complexity index is 904. The van der Waals surface area contributed by atoms with Crippen LogP contribution in [-0.4, -0.2) is 47.4 Å². The van der Waals surface area contributed by atoms with E-state index in [2.05, 4.69) is 31.3 Å². The lowest BCUT2D eigenvalue weighted by atomic mass is 10.0. The zero-order valence-corrected chi connectivity index (χ0v) is 38.8. The molecule has 0 aliphatic carbocycles. The maximum absolute atomic E-state index is 12.4. The van der Waals surface area contributed by atoms with Crippen LogP contribution in [0.5, 0.6) is 0 Å². The topological polar surface area (TPSA) is 95.9 Å². The van der Waals surface area contributed by atoms with Gasteiger partial charge < -0.3 is 20.3 Å². The van der Waals surface area contributed by atoms with Crippen LogP contribution >= 0.6 is 0 Å². The van der Waals surface area contributed by atoms with Crippen LogP contribution in [0.4, 0.5) is 0 Å². The third kappa shape index (κ3) is 43.9. The number of unbranched alkanes of at least 4 members (excludes halogenated alkanes) is 34. The Morgan fingerprint density at radius 2 is 0.828 bits per heavy atom. The number of nitrogens with one attached hydrogen (secondary N) is 1. The fourth-order valence-electron chi connectivity index (χ4n) is 7.75. The molecule has 58 heavy (non-hydrogen) atoms. The molecule has 0 spiro atoms. The Kier molecular flexibility index (Phi) is 46.6. The minimum Gasteiger partial charge on any atom is -0.466 e. The highest BCUT2D eigenvalue weighted by Crippen LogP contribution is 2.16. The van der Waals surface area contributed by atoms with Crippen molar-refractivity contribution in [2.24, 2.45) is 0 Å². The molecule has 0 saturated heterocycles. The van der Waals surface area contributed by atoms with E-state index in [1.807, 2.05) is 6.08 Å². The maximum Gasteiger partial charge on any atom is 0.305 e. The molecule has 2 atom stereocenters. The predicted molar refractivity (Wildman–Crippen MR) is 250 cm³/mol. The summed E-state index contributed by atoms with van der Waals surface area (Å²) in [6, 6.07) is -0.663. The highest BCUT2D eigenvalue weighted by atomic mass is 16.5. The van der Waals surface area contributed by atoms with Crippen LogP contribution in [0.3, 0.4) is 0 Å². The summed E-state index contributed by atoms with van der Waals surface area (Å²) in [5.74, 6) is -0.162. The van der Waals surface area contributed by atoms with Crippen molar-refractivity contribution in [1.82, 2.24) is 5.32 Å². The molecule has 0 aromatic carbocycles. The van der Waals surface area contributed by atoms with Gasteiger partial charge in [0.2, 0.25) is 5.91 Å². The SMILES string of the molecule is CCCCCCCCCCCCC/C=C/C(O)C(CO)NC(=O)CCC/C=C\CCCCCCOC(=O)CCCCCCCCCCCCCCCCCCCCC. The fraction of sp³-hybridized carbons (Fsp3) is 0.885. The first-order valence-electron chi connectivity index (χ1n) is 25.6. The molecule has 0 aromatic heterocycles. The van der Waals surface area contributed by atoms with Crippen molar-refractivity contribution in [2.75, 3.05) is 13.2 Å². The number of ether oxygens (including phenoxy) is 1. The Labute approximate surface area is 361 Å². The number of amides is 1. The predicted octanol–water partition coefficient (Wildman–Crippen LogP) is 15.1. The van der Waals surface area contributed by atoms with Gasteiger partial charge in [-0.2, -0.15) is 0 Å². The highest BCUT2D eigenvalue weighted by Gasteiger charge is 2.17. The van der Waals surface area contributed by atoms with E-state index in [0.29, 0.717) is 19.4 Å². The number of carbonyl (C=O) groups excluding carboxylic acids is 2. The highest BCUT2D eigenvalue weighted by molar-refractivity contribution is 5.76. The van der Waals surface area contributed by atoms with Gasteiger partial charge in [0, 0.05) is 12.8 Å². The van der Waals surface area contributed by atoms with E-state index in [9.17, 15) is 19.8 Å². The standard InChI is InChI=1S/C52H99NO5/c1-3-5-7-9-11-13-15-17-18-19-20-21-22-24-26-30-34-38-42-46-52(57)58-47-43-39-35-31-27-29-33-37-41-45-51(56)53-49(48-54)50(55)44-40-36-32-28-25-23-16-14-12-10-8-6-4-2/h29,33,40,44,49-50,54-55H,3-28,30-32,34-39,41-43,45-48H2,1-2H3,(H,53,56)/b33-29-,44-40+. The molecule has 6 nitrogen and oxygen atoms in total. The largest absolute Gasteiger partial charge is 0.466 e. The molecule has 0 bridgehead atoms. The van der Waals surface area contributed by atoms with Gasteiger partial charge in [-0.25, -0.2) is 0 Å². The number of carbonyl (C=O) groups is 2. The lowest BCUT2D eigenvalue weighted by Gasteiger charge is -2.19. The molecule has 0 heterocycles. The zero-order valence-electron chi connectivity index (χ0n) is 38.8. The normalized spacial score (nSPS) is 12.8. The van der Waals surface area contributed by atoms with Gasteiger partial charge in [-0.15, -0.1) is 0 Å². The van der Waals surface area contributed by atoms with Crippen LogP contribution in [0.15, 0.2) is 24.3 Å². The molecule has 3 N–H and O–H groups in total. The summed E-state index contributed by atoms with van der Waals surface area (Å²) < 4.78 is 5.45. The van der Waals surface area contributed by atoms with E-state index in [1.54, 1.807) is 6.08 Å². The summed E-state index contributed by atoms with van der Waals surface area (Å²) in [6.45, 7) is 4.81. The van der Waals surface area contributed by atoms with Gasteiger partial charge in [-0.05, 0) is 51.4 Å². The summed E-state index contributed by atoms with van der Waals surface area (Å²) in [7, 11) is 0. The van der Waals surface area contributed by atoms with Crippen LogP contribution in [0.1, 0.15) is 271 Å². The molecule has 0 aliphatic heterocycles. The Morgan fingerprint density at radius 3 is 1.26 bits per heavy atom. The van der Waals surface area contributed by atoms with Crippen molar-refractivity contribution in [3.63, 3.8) is 0 Å². The van der Waals surface area contributed by atoms with Gasteiger partial charge in [0.15, 0.2) is 0 Å². The van der Waals surface area contributed by atoms with Gasteiger partial charge in [0.05, 0.1) is 25.4 Å². The molecule has 0 aromatic rings. The molecule has 0 aliphatic rings. The van der Waals surface area contributed by atoms with Crippen LogP contribution in [0, 0.1) is 0 Å². The minimum absolute atomic E-state index is 0.0338. The van der Waals surface area contributed by atoms with Crippen LogP contribution < -0.4 is 5.32 Å². The van der Waals surface area contributed by atoms with Gasteiger partial charge in [0.25, 0.3) is 0 Å². The monoisotopic (exact) mass is 818 g/mol. The zero-order chi connectivity index (χ0) is 42.3. The Balaban J connectivity index is 3.53. The summed E-state index contributed by atoms with van der Waals surface area (Å²) >= 11 is 0. The van der Waals surface area contributed by atoms with Gasteiger partial charge in [-0.1, -0.05) is 231 Å². The third-order valence-corrected chi connectivity index (χ3v) is 11.7. The van der Waals surface area contributed by atoms with E-state index in [1.165, 1.54) is 173 Å². The molecular formula is C52H99NO5. The van der Waals surface area contributed by atoms with Crippen molar-refractivity contribution in [1.29, 1.82) is 0 Å². The summed E-state index contributed by atoms with van der Waals surface area (Å²) in [5.41, 5.74) is 0. The third-order valence-electron chi connectivity index (χ3n) is 11.7. The smallest absolute Gasteiger partial charge is 0.305 e. The molecule has 6 heteroatoms. The van der Waals surface area contributed by atoms with Crippen LogP contribution in [0.2, 0.25) is 0 Å². The lowest BCUT2D eigenvalue weighted by Crippen LogP contribution is -2.45. The number of rotatable bonds is 47. The van der Waals surface area contributed by atoms with Crippen molar-refractivity contribution >= 4 is 11.9 Å². The van der Waals surface area contributed by atoms with Crippen molar-refractivity contribution in [2.45, 2.75) is 283 Å². The van der Waals surface area contributed by atoms with E-state index in [4.69, 9.17) is 4.74 Å². The van der Waals surface area contributed by atoms with Crippen LogP contribution in [0.25, 0.3) is 0 Å². The minimum atomic E-state index is -0.873. The quantitative estimate of drug-likeness (QED) is 0.0323. The summed E-state index contributed by atoms with van der Waals surface area (Å²) in [6.07, 6.45) is 56.2. The first kappa shape index (κ1) is 56.3. The first-order chi connectivity index (χ1) is 28.5. The lowest BCUT2D eigenvalue weighted by molar-refractivity contribution is -0.143. The van der Waals surface area contributed by atoms with E-state index >= 15 is 0 Å². The number of allylic oxidation sites excluding steroid dienone is 3. The second-order valence-corrected chi connectivity index (χ2v) is 17.5. The molecule has 342 valence electrons. The van der Waals surface area contributed by atoms with Gasteiger partial charge >= 0.3 is 5.97 Å². The number of hydrogen-bond acceptors (Lipinski definition) is 5. The second kappa shape index (κ2) is 48.0. The van der Waals surface area contributed by atoms with Gasteiger partial charge in [-0.3, -0.25) is 9.59 Å². The average molecular weight is 818 g/mol. The Hall–Kier alpha value is -1.66. The molecule has 0 rings (SSSR count). The molecular weight excluding hydrogens is 719 g/mol. The van der Waals surface area contributed by atoms with E-state index in [-0.39, 0.29) is 18.5 Å². The van der Waals surface area contributed by atoms with E-state index in [0.717, 1.165) is 70.6 Å². The molecule has 0 saturated carbocycles. The second-order valence-electron chi connectivity index (χ2n) is 17.5. The fourth-order valence-corrected chi connectivity index (χ4v) is 7.75. The van der Waals surface area contributed by atoms with Crippen molar-refractivity contribution in [3.05, 3.63) is 24.3 Å². The summed E-state index contributed by atoms with van der Waals surface area (Å²) in [4.78, 5) is 24.4. The van der Waals surface area contributed by atoms with Crippen molar-refractivity contribution in [3.8, 4) is 0 Å². The van der Waals surface area contributed by atoms with Crippen LogP contribution in [-0.2, 0) is 14.3 Å². The number of aliphatic hydroxyl groups is 2. The number of aliphatic hydroxyl groups excluding tert-OH is 2. The first-order valence-corrected chi connectivity index (χ1v) is 25.6. The molecule has 2 unspecified atom stereocenters. The maximum atomic E-state index is 12.4. The molecule has 1 amide bonds. The van der Waals surface area contributed by atoms with Crippen molar-refractivity contribution < 1.29 is 24.5 Å². The number of esters is 1. The Morgan fingerprint density at radius 1 is 0.466 bits per heavy atom. The van der Waals surface area contributed by atoms with E-state index < -0.39 is 12.1 Å². The van der Waals surface area contributed by atoms with Gasteiger partial charge in [0.1, 0.15) is 0 Å². The molecule has 0 fully saturated rings. The number of hydrogen-bond donors (Lipinski definition) is 3.